The number of hydrogen-bond donors (Lipinski definition) is 1. The van der Waals surface area contributed by atoms with Crippen molar-refractivity contribution in [1.82, 2.24) is 10.2 Å². The molecular formula is C17H32N2O2. The van der Waals surface area contributed by atoms with Gasteiger partial charge in [0.2, 0.25) is 0 Å². The van der Waals surface area contributed by atoms with Gasteiger partial charge in [0, 0.05) is 37.7 Å². The van der Waals surface area contributed by atoms with Gasteiger partial charge in [-0.3, -0.25) is 4.90 Å². The largest absolute Gasteiger partial charge is 0.381 e. The molecule has 0 aromatic rings. The van der Waals surface area contributed by atoms with Crippen molar-refractivity contribution < 1.29 is 9.47 Å². The molecule has 0 amide bonds. The van der Waals surface area contributed by atoms with Crippen LogP contribution in [0, 0.1) is 11.3 Å². The number of rotatable bonds is 6. The van der Waals surface area contributed by atoms with Crippen molar-refractivity contribution in [1.29, 1.82) is 0 Å². The van der Waals surface area contributed by atoms with Crippen LogP contribution < -0.4 is 5.32 Å². The Morgan fingerprint density at radius 1 is 1.29 bits per heavy atom. The van der Waals surface area contributed by atoms with Crippen molar-refractivity contribution in [3.63, 3.8) is 0 Å². The van der Waals surface area contributed by atoms with Gasteiger partial charge in [0.25, 0.3) is 0 Å². The van der Waals surface area contributed by atoms with Crippen LogP contribution >= 0.6 is 0 Å². The lowest BCUT2D eigenvalue weighted by atomic mass is 9.85. The number of morpholine rings is 1. The monoisotopic (exact) mass is 296 g/mol. The van der Waals surface area contributed by atoms with Crippen LogP contribution in [0.15, 0.2) is 0 Å². The summed E-state index contributed by atoms with van der Waals surface area (Å²) in [5, 5.41) is 3.68. The molecule has 2 saturated heterocycles. The summed E-state index contributed by atoms with van der Waals surface area (Å²) in [7, 11) is 0. The van der Waals surface area contributed by atoms with E-state index in [4.69, 9.17) is 9.47 Å². The van der Waals surface area contributed by atoms with Gasteiger partial charge < -0.3 is 14.8 Å². The molecule has 0 bridgehead atoms. The SMILES string of the molecule is CC(C)CNCC1(CN2CCOC3CCCC32)CCOC1. The maximum Gasteiger partial charge on any atom is 0.0730 e. The van der Waals surface area contributed by atoms with Gasteiger partial charge in [-0.1, -0.05) is 13.8 Å². The molecule has 122 valence electrons. The van der Waals surface area contributed by atoms with Crippen LogP contribution in [0.1, 0.15) is 39.5 Å². The summed E-state index contributed by atoms with van der Waals surface area (Å²) in [6.07, 6.45) is 5.62. The molecule has 0 spiro atoms. The molecule has 2 aliphatic heterocycles. The summed E-state index contributed by atoms with van der Waals surface area (Å²) >= 11 is 0. The second kappa shape index (κ2) is 6.95. The van der Waals surface area contributed by atoms with Gasteiger partial charge in [0.15, 0.2) is 0 Å². The first kappa shape index (κ1) is 15.7. The van der Waals surface area contributed by atoms with Crippen LogP contribution in [-0.2, 0) is 9.47 Å². The molecule has 2 heterocycles. The van der Waals surface area contributed by atoms with Gasteiger partial charge in [0.05, 0.1) is 19.3 Å². The third kappa shape index (κ3) is 3.79. The van der Waals surface area contributed by atoms with Crippen LogP contribution in [0.4, 0.5) is 0 Å². The third-order valence-electron chi connectivity index (χ3n) is 5.37. The predicted molar refractivity (Wildman–Crippen MR) is 84.5 cm³/mol. The van der Waals surface area contributed by atoms with E-state index in [1.54, 1.807) is 0 Å². The highest BCUT2D eigenvalue weighted by Gasteiger charge is 2.42. The zero-order chi connectivity index (χ0) is 14.7. The molecule has 1 N–H and O–H groups in total. The molecule has 4 nitrogen and oxygen atoms in total. The van der Waals surface area contributed by atoms with Crippen LogP contribution in [0.2, 0.25) is 0 Å². The summed E-state index contributed by atoms with van der Waals surface area (Å²) in [5.74, 6) is 0.715. The third-order valence-corrected chi connectivity index (χ3v) is 5.37. The average molecular weight is 296 g/mol. The van der Waals surface area contributed by atoms with E-state index >= 15 is 0 Å². The normalized spacial score (nSPS) is 37.3. The minimum Gasteiger partial charge on any atom is -0.381 e. The molecule has 3 fully saturated rings. The van der Waals surface area contributed by atoms with E-state index in [9.17, 15) is 0 Å². The maximum absolute atomic E-state index is 5.95. The van der Waals surface area contributed by atoms with Crippen molar-refractivity contribution in [3.8, 4) is 0 Å². The van der Waals surface area contributed by atoms with Crippen LogP contribution in [0.5, 0.6) is 0 Å². The summed E-state index contributed by atoms with van der Waals surface area (Å²) in [6.45, 7) is 11.8. The lowest BCUT2D eigenvalue weighted by molar-refractivity contribution is -0.0691. The quantitative estimate of drug-likeness (QED) is 0.811. The molecule has 0 radical (unpaired) electrons. The van der Waals surface area contributed by atoms with Gasteiger partial charge in [-0.15, -0.1) is 0 Å². The van der Waals surface area contributed by atoms with Gasteiger partial charge in [0.1, 0.15) is 0 Å². The molecule has 3 atom stereocenters. The lowest BCUT2D eigenvalue weighted by Crippen LogP contribution is -2.54. The Bertz CT molecular complexity index is 329. The fourth-order valence-electron chi connectivity index (χ4n) is 4.23. The van der Waals surface area contributed by atoms with Crippen molar-refractivity contribution in [2.24, 2.45) is 11.3 Å². The molecule has 4 heteroatoms. The Hall–Kier alpha value is -0.160. The number of nitrogens with one attached hydrogen (secondary N) is 1. The van der Waals surface area contributed by atoms with E-state index in [0.29, 0.717) is 23.5 Å². The lowest BCUT2D eigenvalue weighted by Gasteiger charge is -2.42. The van der Waals surface area contributed by atoms with Crippen LogP contribution in [0.25, 0.3) is 0 Å². The molecule has 3 unspecified atom stereocenters. The second-order valence-electron chi connectivity index (χ2n) is 7.71. The van der Waals surface area contributed by atoms with Crippen molar-refractivity contribution >= 4 is 0 Å². The second-order valence-corrected chi connectivity index (χ2v) is 7.71. The van der Waals surface area contributed by atoms with E-state index in [2.05, 4.69) is 24.1 Å². The number of fused-ring (bicyclic) bond motifs is 1. The molecule has 3 aliphatic rings. The fourth-order valence-corrected chi connectivity index (χ4v) is 4.23. The van der Waals surface area contributed by atoms with E-state index in [1.807, 2.05) is 0 Å². The Morgan fingerprint density at radius 2 is 2.19 bits per heavy atom. The topological polar surface area (TPSA) is 33.7 Å². The maximum atomic E-state index is 5.95. The minimum atomic E-state index is 0.319. The first-order valence-corrected chi connectivity index (χ1v) is 8.83. The van der Waals surface area contributed by atoms with E-state index < -0.39 is 0 Å². The highest BCUT2D eigenvalue weighted by Crippen LogP contribution is 2.35. The van der Waals surface area contributed by atoms with Crippen LogP contribution in [0.3, 0.4) is 0 Å². The molecular weight excluding hydrogens is 264 g/mol. The van der Waals surface area contributed by atoms with Gasteiger partial charge in [-0.25, -0.2) is 0 Å². The zero-order valence-electron chi connectivity index (χ0n) is 13.8. The van der Waals surface area contributed by atoms with Gasteiger partial charge >= 0.3 is 0 Å². The first-order valence-electron chi connectivity index (χ1n) is 8.83. The zero-order valence-corrected chi connectivity index (χ0v) is 13.8. The Balaban J connectivity index is 1.58. The van der Waals surface area contributed by atoms with Crippen molar-refractivity contribution in [3.05, 3.63) is 0 Å². The molecule has 21 heavy (non-hydrogen) atoms. The minimum absolute atomic E-state index is 0.319. The number of ether oxygens (including phenoxy) is 2. The summed E-state index contributed by atoms with van der Waals surface area (Å²) in [5.41, 5.74) is 0.319. The van der Waals surface area contributed by atoms with Crippen molar-refractivity contribution in [2.75, 3.05) is 46.0 Å². The Morgan fingerprint density at radius 3 is 2.95 bits per heavy atom. The molecule has 1 aliphatic carbocycles. The number of hydrogen-bond acceptors (Lipinski definition) is 4. The summed E-state index contributed by atoms with van der Waals surface area (Å²) in [4.78, 5) is 2.72. The highest BCUT2D eigenvalue weighted by atomic mass is 16.5. The molecule has 0 aromatic carbocycles. The summed E-state index contributed by atoms with van der Waals surface area (Å²) in [6, 6.07) is 0.668. The van der Waals surface area contributed by atoms with Crippen LogP contribution in [-0.4, -0.2) is 63.0 Å². The number of nitrogens with zero attached hydrogens (tertiary/aromatic N) is 1. The van der Waals surface area contributed by atoms with Gasteiger partial charge in [-0.2, -0.15) is 0 Å². The smallest absolute Gasteiger partial charge is 0.0730 e. The molecule has 3 rings (SSSR count). The van der Waals surface area contributed by atoms with Gasteiger partial charge in [-0.05, 0) is 38.1 Å². The van der Waals surface area contributed by atoms with Crippen molar-refractivity contribution in [2.45, 2.75) is 51.7 Å². The highest BCUT2D eigenvalue weighted by molar-refractivity contribution is 4.95. The van der Waals surface area contributed by atoms with E-state index in [0.717, 1.165) is 39.5 Å². The Kier molecular flexibility index (Phi) is 5.20. The fraction of sp³-hybridized carbons (Fsp3) is 1.00. The summed E-state index contributed by atoms with van der Waals surface area (Å²) < 4.78 is 11.7. The first-order chi connectivity index (χ1) is 10.2. The predicted octanol–water partition coefficient (Wildman–Crippen LogP) is 1.89. The standard InChI is InChI=1S/C17H32N2O2/c1-14(2)10-18-11-17(6-8-20-13-17)12-19-7-9-21-16-5-3-4-15(16)19/h14-16,18H,3-13H2,1-2H3. The van der Waals surface area contributed by atoms with E-state index in [-0.39, 0.29) is 0 Å². The molecule has 1 saturated carbocycles. The van der Waals surface area contributed by atoms with E-state index in [1.165, 1.54) is 32.2 Å². The Labute approximate surface area is 129 Å². The molecule has 0 aromatic heterocycles. The average Bonchev–Trinajstić information content (AvgIpc) is 3.08.